The molecule has 0 aliphatic heterocycles. The smallest absolute Gasteiger partial charge is 0.270 e. The van der Waals surface area contributed by atoms with Crippen molar-refractivity contribution in [1.82, 2.24) is 9.97 Å². The van der Waals surface area contributed by atoms with Gasteiger partial charge in [-0.1, -0.05) is 65.7 Å². The molecule has 0 aliphatic rings. The van der Waals surface area contributed by atoms with Crippen LogP contribution in [-0.2, 0) is 0 Å². The Balaban J connectivity index is 1.93. The summed E-state index contributed by atoms with van der Waals surface area (Å²) in [6.07, 6.45) is 1.45. The Morgan fingerprint density at radius 1 is 1.15 bits per heavy atom. The molecule has 0 saturated carbocycles. The molecule has 128 valence electrons. The van der Waals surface area contributed by atoms with E-state index >= 15 is 0 Å². The van der Waals surface area contributed by atoms with Crippen LogP contribution in [0.3, 0.4) is 0 Å². The summed E-state index contributed by atoms with van der Waals surface area (Å²) < 4.78 is 0. The number of aromatic amines is 1. The maximum absolute atomic E-state index is 12.1. The first-order valence-electron chi connectivity index (χ1n) is 7.43. The van der Waals surface area contributed by atoms with Crippen LogP contribution < -0.4 is 11.0 Å². The van der Waals surface area contributed by atoms with Crippen molar-refractivity contribution in [2.75, 3.05) is 5.43 Å². The Kier molecular flexibility index (Phi) is 5.32. The van der Waals surface area contributed by atoms with Crippen LogP contribution in [0.4, 0.5) is 5.95 Å². The normalized spacial score (nSPS) is 10.7. The van der Waals surface area contributed by atoms with Gasteiger partial charge >= 0.3 is 0 Å². The Bertz CT molecular complexity index is 1070. The van der Waals surface area contributed by atoms with Gasteiger partial charge < -0.3 is 0 Å². The second-order valence-corrected chi connectivity index (χ2v) is 5.91. The molecule has 0 spiro atoms. The van der Waals surface area contributed by atoms with Gasteiger partial charge in [-0.05, 0) is 6.07 Å². The van der Waals surface area contributed by atoms with Crippen molar-refractivity contribution in [3.63, 3.8) is 0 Å². The molecule has 0 unspecified atom stereocenters. The van der Waals surface area contributed by atoms with Crippen LogP contribution in [-0.4, -0.2) is 16.2 Å². The van der Waals surface area contributed by atoms with E-state index in [2.05, 4.69) is 20.5 Å². The predicted octanol–water partition coefficient (Wildman–Crippen LogP) is 4.06. The highest BCUT2D eigenvalue weighted by atomic mass is 35.5. The van der Waals surface area contributed by atoms with Gasteiger partial charge in [0.05, 0.1) is 22.0 Å². The van der Waals surface area contributed by atoms with E-state index in [0.717, 1.165) is 0 Å². The zero-order valence-electron chi connectivity index (χ0n) is 13.2. The molecule has 0 saturated heterocycles. The van der Waals surface area contributed by atoms with Gasteiger partial charge in [-0.2, -0.15) is 10.4 Å². The number of halogens is 2. The number of benzene rings is 2. The molecule has 3 aromatic rings. The summed E-state index contributed by atoms with van der Waals surface area (Å²) in [6.45, 7) is 0. The van der Waals surface area contributed by atoms with Crippen LogP contribution >= 0.6 is 23.2 Å². The summed E-state index contributed by atoms with van der Waals surface area (Å²) in [4.78, 5) is 18.9. The van der Waals surface area contributed by atoms with Crippen molar-refractivity contribution in [3.05, 3.63) is 80.1 Å². The lowest BCUT2D eigenvalue weighted by Gasteiger charge is -2.06. The first-order valence-corrected chi connectivity index (χ1v) is 8.18. The van der Waals surface area contributed by atoms with Crippen LogP contribution in [0, 0.1) is 11.3 Å². The van der Waals surface area contributed by atoms with E-state index in [9.17, 15) is 10.1 Å². The van der Waals surface area contributed by atoms with E-state index in [1.807, 2.05) is 12.1 Å². The topological polar surface area (TPSA) is 93.9 Å². The minimum atomic E-state index is -0.556. The van der Waals surface area contributed by atoms with Gasteiger partial charge in [0.25, 0.3) is 5.56 Å². The summed E-state index contributed by atoms with van der Waals surface area (Å²) in [6, 6.07) is 16.0. The predicted molar refractivity (Wildman–Crippen MR) is 103 cm³/mol. The number of hydrazone groups is 1. The monoisotopic (exact) mass is 383 g/mol. The average Bonchev–Trinajstić information content (AvgIpc) is 2.65. The molecule has 0 radical (unpaired) electrons. The fraction of sp³-hybridized carbons (Fsp3) is 0. The molecule has 0 fully saturated rings. The van der Waals surface area contributed by atoms with Crippen molar-refractivity contribution in [2.24, 2.45) is 5.10 Å². The number of nitrogens with one attached hydrogen (secondary N) is 2. The molecule has 2 aromatic carbocycles. The van der Waals surface area contributed by atoms with Gasteiger partial charge in [-0.25, -0.2) is 10.4 Å². The van der Waals surface area contributed by atoms with E-state index in [-0.39, 0.29) is 17.2 Å². The zero-order valence-corrected chi connectivity index (χ0v) is 14.7. The highest BCUT2D eigenvalue weighted by molar-refractivity contribution is 6.43. The van der Waals surface area contributed by atoms with Gasteiger partial charge in [-0.3, -0.25) is 9.78 Å². The van der Waals surface area contributed by atoms with E-state index < -0.39 is 5.56 Å². The molecule has 3 rings (SSSR count). The number of nitriles is 1. The van der Waals surface area contributed by atoms with Crippen molar-refractivity contribution >= 4 is 35.4 Å². The lowest BCUT2D eigenvalue weighted by molar-refractivity contribution is 1.08. The third kappa shape index (κ3) is 3.75. The third-order valence-electron chi connectivity index (χ3n) is 3.43. The maximum atomic E-state index is 12.1. The van der Waals surface area contributed by atoms with Crippen LogP contribution in [0.2, 0.25) is 10.0 Å². The van der Waals surface area contributed by atoms with E-state index in [1.54, 1.807) is 42.5 Å². The molecule has 0 bridgehead atoms. The van der Waals surface area contributed by atoms with E-state index in [1.165, 1.54) is 6.21 Å². The first kappa shape index (κ1) is 17.7. The average molecular weight is 384 g/mol. The maximum Gasteiger partial charge on any atom is 0.270 e. The van der Waals surface area contributed by atoms with Gasteiger partial charge in [0.15, 0.2) is 0 Å². The second kappa shape index (κ2) is 7.83. The van der Waals surface area contributed by atoms with Crippen molar-refractivity contribution in [2.45, 2.75) is 0 Å². The number of hydrogen-bond acceptors (Lipinski definition) is 5. The number of aromatic nitrogens is 2. The Morgan fingerprint density at radius 3 is 2.65 bits per heavy atom. The standard InChI is InChI=1S/C18H11Cl2N5O/c19-14-8-4-7-12(15(14)20)10-22-25-18-23-16(11-5-2-1-3-6-11)13(9-21)17(26)24-18/h1-8,10H,(H2,23,24,25,26). The largest absolute Gasteiger partial charge is 0.290 e. The summed E-state index contributed by atoms with van der Waals surface area (Å²) in [5.41, 5.74) is 3.54. The molecule has 0 atom stereocenters. The molecule has 1 aromatic heterocycles. The second-order valence-electron chi connectivity index (χ2n) is 5.13. The summed E-state index contributed by atoms with van der Waals surface area (Å²) in [5, 5.41) is 14.0. The lowest BCUT2D eigenvalue weighted by atomic mass is 10.1. The molecule has 8 heteroatoms. The number of hydrogen-bond donors (Lipinski definition) is 2. The summed E-state index contributed by atoms with van der Waals surface area (Å²) in [7, 11) is 0. The quantitative estimate of drug-likeness (QED) is 0.524. The molecule has 2 N–H and O–H groups in total. The molecular formula is C18H11Cl2N5O. The van der Waals surface area contributed by atoms with Crippen LogP contribution in [0.25, 0.3) is 11.3 Å². The fourth-order valence-corrected chi connectivity index (χ4v) is 2.57. The van der Waals surface area contributed by atoms with Crippen molar-refractivity contribution < 1.29 is 0 Å². The first-order chi connectivity index (χ1) is 12.6. The van der Waals surface area contributed by atoms with E-state index in [0.29, 0.717) is 21.2 Å². The number of nitrogens with zero attached hydrogens (tertiary/aromatic N) is 3. The SMILES string of the molecule is N#Cc1c(-c2ccccc2)nc(NN=Cc2cccc(Cl)c2Cl)[nH]c1=O. The van der Waals surface area contributed by atoms with Crippen molar-refractivity contribution in [3.8, 4) is 17.3 Å². The summed E-state index contributed by atoms with van der Waals surface area (Å²) in [5.74, 6) is 0.0993. The van der Waals surface area contributed by atoms with Gasteiger partial charge in [0, 0.05) is 11.1 Å². The third-order valence-corrected chi connectivity index (χ3v) is 4.27. The van der Waals surface area contributed by atoms with Crippen LogP contribution in [0.15, 0.2) is 58.4 Å². The highest BCUT2D eigenvalue weighted by Gasteiger charge is 2.12. The number of H-pyrrole nitrogens is 1. The Labute approximate surface area is 158 Å². The number of anilines is 1. The number of rotatable bonds is 4. The molecule has 0 amide bonds. The highest BCUT2D eigenvalue weighted by Crippen LogP contribution is 2.24. The molecule has 1 heterocycles. The van der Waals surface area contributed by atoms with Crippen molar-refractivity contribution in [1.29, 1.82) is 5.26 Å². The minimum Gasteiger partial charge on any atom is -0.290 e. The van der Waals surface area contributed by atoms with Crippen LogP contribution in [0.1, 0.15) is 11.1 Å². The zero-order chi connectivity index (χ0) is 18.5. The summed E-state index contributed by atoms with van der Waals surface area (Å²) >= 11 is 12.0. The van der Waals surface area contributed by atoms with Gasteiger partial charge in [-0.15, -0.1) is 0 Å². The molecule has 26 heavy (non-hydrogen) atoms. The fourth-order valence-electron chi connectivity index (χ4n) is 2.22. The van der Waals surface area contributed by atoms with Crippen LogP contribution in [0.5, 0.6) is 0 Å². The van der Waals surface area contributed by atoms with E-state index in [4.69, 9.17) is 23.2 Å². The Hall–Kier alpha value is -3.14. The molecular weight excluding hydrogens is 373 g/mol. The van der Waals surface area contributed by atoms with Gasteiger partial charge in [0.2, 0.25) is 5.95 Å². The lowest BCUT2D eigenvalue weighted by Crippen LogP contribution is -2.16. The Morgan fingerprint density at radius 2 is 1.92 bits per heavy atom. The van der Waals surface area contributed by atoms with Gasteiger partial charge in [0.1, 0.15) is 11.6 Å². The molecule has 0 aliphatic carbocycles. The minimum absolute atomic E-state index is 0.0661. The molecule has 6 nitrogen and oxygen atoms in total.